The lowest BCUT2D eigenvalue weighted by molar-refractivity contribution is -0.141. The SMILES string of the molecule is COC(=O)CC(NC(=O)C1Cc2ccccc2S1)c1ccc(OC)c(OC)c1. The zero-order chi connectivity index (χ0) is 20.1. The van der Waals surface area contributed by atoms with Crippen LogP contribution in [0.25, 0.3) is 0 Å². The van der Waals surface area contributed by atoms with Crippen LogP contribution in [0.4, 0.5) is 0 Å². The number of benzene rings is 2. The van der Waals surface area contributed by atoms with E-state index in [-0.39, 0.29) is 17.6 Å². The van der Waals surface area contributed by atoms with Gasteiger partial charge in [0, 0.05) is 4.90 Å². The summed E-state index contributed by atoms with van der Waals surface area (Å²) in [4.78, 5) is 25.9. The largest absolute Gasteiger partial charge is 0.493 e. The highest BCUT2D eigenvalue weighted by Gasteiger charge is 2.30. The fourth-order valence-corrected chi connectivity index (χ4v) is 4.37. The van der Waals surface area contributed by atoms with Crippen LogP contribution in [-0.2, 0) is 20.7 Å². The number of ether oxygens (including phenoxy) is 3. The Labute approximate surface area is 168 Å². The topological polar surface area (TPSA) is 73.9 Å². The Bertz CT molecular complexity index is 845. The second-order valence-corrected chi connectivity index (χ2v) is 7.62. The molecule has 1 amide bonds. The number of rotatable bonds is 7. The monoisotopic (exact) mass is 401 g/mol. The molecule has 2 unspecified atom stereocenters. The van der Waals surface area contributed by atoms with Crippen molar-refractivity contribution >= 4 is 23.6 Å². The molecule has 0 fully saturated rings. The fraction of sp³-hybridized carbons (Fsp3) is 0.333. The Balaban J connectivity index is 1.79. The summed E-state index contributed by atoms with van der Waals surface area (Å²) in [5, 5.41) is 2.78. The zero-order valence-corrected chi connectivity index (χ0v) is 16.9. The van der Waals surface area contributed by atoms with Gasteiger partial charge in [0.05, 0.1) is 39.0 Å². The van der Waals surface area contributed by atoms with E-state index < -0.39 is 12.0 Å². The average Bonchev–Trinajstić information content (AvgIpc) is 3.17. The second kappa shape index (κ2) is 9.01. The third-order valence-electron chi connectivity index (χ3n) is 4.66. The molecule has 148 valence electrons. The van der Waals surface area contributed by atoms with Crippen molar-refractivity contribution in [2.75, 3.05) is 21.3 Å². The first-order valence-electron chi connectivity index (χ1n) is 8.89. The van der Waals surface area contributed by atoms with Crippen LogP contribution in [0.15, 0.2) is 47.4 Å². The number of hydrogen-bond donors (Lipinski definition) is 1. The van der Waals surface area contributed by atoms with Crippen LogP contribution in [0.2, 0.25) is 0 Å². The van der Waals surface area contributed by atoms with E-state index >= 15 is 0 Å². The predicted molar refractivity (Wildman–Crippen MR) is 107 cm³/mol. The molecular weight excluding hydrogens is 378 g/mol. The van der Waals surface area contributed by atoms with Crippen molar-refractivity contribution in [2.24, 2.45) is 0 Å². The maximum atomic E-state index is 12.9. The first-order chi connectivity index (χ1) is 13.5. The van der Waals surface area contributed by atoms with Gasteiger partial charge in [-0.3, -0.25) is 9.59 Å². The molecule has 1 N–H and O–H groups in total. The van der Waals surface area contributed by atoms with E-state index in [1.54, 1.807) is 38.1 Å². The maximum absolute atomic E-state index is 12.9. The number of nitrogens with one attached hydrogen (secondary N) is 1. The summed E-state index contributed by atoms with van der Waals surface area (Å²) in [7, 11) is 4.43. The van der Waals surface area contributed by atoms with Crippen LogP contribution < -0.4 is 14.8 Å². The van der Waals surface area contributed by atoms with Gasteiger partial charge >= 0.3 is 5.97 Å². The van der Waals surface area contributed by atoms with Gasteiger partial charge < -0.3 is 19.5 Å². The summed E-state index contributed by atoms with van der Waals surface area (Å²) in [5.41, 5.74) is 1.92. The minimum Gasteiger partial charge on any atom is -0.493 e. The molecule has 6 nitrogen and oxygen atoms in total. The summed E-state index contributed by atoms with van der Waals surface area (Å²) in [5.74, 6) is 0.607. The average molecular weight is 401 g/mol. The molecule has 1 heterocycles. The number of esters is 1. The first kappa shape index (κ1) is 20.1. The highest BCUT2D eigenvalue weighted by Crippen LogP contribution is 2.37. The lowest BCUT2D eigenvalue weighted by Gasteiger charge is -2.21. The van der Waals surface area contributed by atoms with Crippen LogP contribution in [0.5, 0.6) is 11.5 Å². The van der Waals surface area contributed by atoms with Crippen molar-refractivity contribution in [1.82, 2.24) is 5.32 Å². The Morgan fingerprint density at radius 3 is 2.54 bits per heavy atom. The van der Waals surface area contributed by atoms with E-state index in [9.17, 15) is 9.59 Å². The van der Waals surface area contributed by atoms with Gasteiger partial charge in [-0.2, -0.15) is 0 Å². The number of methoxy groups -OCH3 is 3. The van der Waals surface area contributed by atoms with Gasteiger partial charge in [0.1, 0.15) is 0 Å². The van der Waals surface area contributed by atoms with Gasteiger partial charge in [-0.15, -0.1) is 11.8 Å². The number of hydrogen-bond acceptors (Lipinski definition) is 6. The summed E-state index contributed by atoms with van der Waals surface area (Å²) >= 11 is 1.55. The Morgan fingerprint density at radius 2 is 1.86 bits per heavy atom. The van der Waals surface area contributed by atoms with Crippen molar-refractivity contribution in [1.29, 1.82) is 0 Å². The van der Waals surface area contributed by atoms with Crippen molar-refractivity contribution in [3.63, 3.8) is 0 Å². The molecular formula is C21H23NO5S. The lowest BCUT2D eigenvalue weighted by atomic mass is 10.0. The van der Waals surface area contributed by atoms with E-state index in [1.807, 2.05) is 30.3 Å². The maximum Gasteiger partial charge on any atom is 0.307 e. The Morgan fingerprint density at radius 1 is 1.11 bits per heavy atom. The van der Waals surface area contributed by atoms with Crippen LogP contribution in [0.3, 0.4) is 0 Å². The van der Waals surface area contributed by atoms with Gasteiger partial charge in [-0.1, -0.05) is 24.3 Å². The van der Waals surface area contributed by atoms with E-state index in [1.165, 1.54) is 12.7 Å². The van der Waals surface area contributed by atoms with Gasteiger partial charge in [-0.25, -0.2) is 0 Å². The van der Waals surface area contributed by atoms with Gasteiger partial charge in [0.15, 0.2) is 11.5 Å². The van der Waals surface area contributed by atoms with Gasteiger partial charge in [0.25, 0.3) is 0 Å². The zero-order valence-electron chi connectivity index (χ0n) is 16.1. The summed E-state index contributed by atoms with van der Waals surface area (Å²) in [6.07, 6.45) is 0.700. The minimum atomic E-state index is -0.524. The standard InChI is InChI=1S/C21H23NO5S/c1-25-16-9-8-13(10-17(16)26-2)15(12-20(23)27-3)22-21(24)19-11-14-6-4-5-7-18(14)28-19/h4-10,15,19H,11-12H2,1-3H3,(H,22,24). The molecule has 0 spiro atoms. The Hall–Kier alpha value is -2.67. The molecule has 0 saturated heterocycles. The number of amides is 1. The van der Waals surface area contributed by atoms with Crippen molar-refractivity contribution in [3.05, 3.63) is 53.6 Å². The summed E-state index contributed by atoms with van der Waals surface area (Å²) in [6, 6.07) is 12.8. The highest BCUT2D eigenvalue weighted by molar-refractivity contribution is 8.01. The summed E-state index contributed by atoms with van der Waals surface area (Å²) < 4.78 is 15.4. The van der Waals surface area contributed by atoms with E-state index in [2.05, 4.69) is 5.32 Å². The molecule has 0 saturated carbocycles. The van der Waals surface area contributed by atoms with Crippen molar-refractivity contribution in [3.8, 4) is 11.5 Å². The molecule has 2 aromatic rings. The molecule has 1 aliphatic rings. The van der Waals surface area contributed by atoms with Crippen LogP contribution in [0.1, 0.15) is 23.6 Å². The second-order valence-electron chi connectivity index (χ2n) is 6.37. The van der Waals surface area contributed by atoms with E-state index in [4.69, 9.17) is 14.2 Å². The number of thioether (sulfide) groups is 1. The normalized spacial score (nSPS) is 16.0. The molecule has 28 heavy (non-hydrogen) atoms. The quantitative estimate of drug-likeness (QED) is 0.719. The van der Waals surface area contributed by atoms with Crippen molar-refractivity contribution in [2.45, 2.75) is 29.0 Å². The number of carbonyl (C=O) groups is 2. The van der Waals surface area contributed by atoms with Crippen LogP contribution in [0, 0.1) is 0 Å². The van der Waals surface area contributed by atoms with E-state index in [0.29, 0.717) is 17.9 Å². The van der Waals surface area contributed by atoms with Gasteiger partial charge in [0.2, 0.25) is 5.91 Å². The predicted octanol–water partition coefficient (Wildman–Crippen LogP) is 3.14. The molecule has 2 aromatic carbocycles. The molecule has 0 aliphatic carbocycles. The molecule has 0 radical (unpaired) electrons. The third kappa shape index (κ3) is 4.42. The van der Waals surface area contributed by atoms with Gasteiger partial charge in [-0.05, 0) is 35.7 Å². The molecule has 0 aromatic heterocycles. The molecule has 1 aliphatic heterocycles. The molecule has 3 rings (SSSR count). The van der Waals surface area contributed by atoms with E-state index in [0.717, 1.165) is 10.5 Å². The first-order valence-corrected chi connectivity index (χ1v) is 9.77. The Kier molecular flexibility index (Phi) is 6.46. The molecule has 2 atom stereocenters. The third-order valence-corrected chi connectivity index (χ3v) is 5.98. The minimum absolute atomic E-state index is 0.0298. The molecule has 7 heteroatoms. The van der Waals surface area contributed by atoms with Crippen LogP contribution >= 0.6 is 11.8 Å². The smallest absolute Gasteiger partial charge is 0.307 e. The molecule has 0 bridgehead atoms. The fourth-order valence-electron chi connectivity index (χ4n) is 3.16. The summed E-state index contributed by atoms with van der Waals surface area (Å²) in [6.45, 7) is 0. The lowest BCUT2D eigenvalue weighted by Crippen LogP contribution is -2.36. The van der Waals surface area contributed by atoms with Crippen molar-refractivity contribution < 1.29 is 23.8 Å². The number of fused-ring (bicyclic) bond motifs is 1. The highest BCUT2D eigenvalue weighted by atomic mass is 32.2. The number of carbonyl (C=O) groups excluding carboxylic acids is 2. The van der Waals surface area contributed by atoms with Crippen LogP contribution in [-0.4, -0.2) is 38.5 Å².